The Morgan fingerprint density at radius 3 is 3.00 bits per heavy atom. The molecule has 2 fully saturated rings. The van der Waals surface area contributed by atoms with Gasteiger partial charge in [-0.1, -0.05) is 6.07 Å². The first-order valence-electron chi connectivity index (χ1n) is 10.9. The molecule has 1 N–H and O–H groups in total. The van der Waals surface area contributed by atoms with Crippen molar-refractivity contribution in [2.45, 2.75) is 44.8 Å². The van der Waals surface area contributed by atoms with Gasteiger partial charge in [-0.05, 0) is 38.2 Å². The van der Waals surface area contributed by atoms with Crippen LogP contribution in [0.2, 0.25) is 0 Å². The number of hydrogen-bond acceptors (Lipinski definition) is 8. The van der Waals surface area contributed by atoms with Crippen molar-refractivity contribution in [3.05, 3.63) is 34.2 Å². The van der Waals surface area contributed by atoms with E-state index in [4.69, 9.17) is 9.47 Å². The highest BCUT2D eigenvalue weighted by atomic mass is 16.5. The first kappa shape index (κ1) is 19.3. The average molecular weight is 412 g/mol. The van der Waals surface area contributed by atoms with Crippen molar-refractivity contribution in [2.24, 2.45) is 5.92 Å². The largest absolute Gasteiger partial charge is 0.464 e. The highest BCUT2D eigenvalue weighted by Crippen LogP contribution is 2.36. The SMILES string of the molecule is CCOc1nc(NC[C@@H]2CCCO2)nc(N2C[C@H]3C[C@@H](C2)c2cccc(=O)n2C3)n1. The molecule has 5 rings (SSSR count). The van der Waals surface area contributed by atoms with E-state index in [1.54, 1.807) is 6.07 Å². The third kappa shape index (κ3) is 3.86. The summed E-state index contributed by atoms with van der Waals surface area (Å²) >= 11 is 0. The lowest BCUT2D eigenvalue weighted by molar-refractivity contribution is 0.120. The Bertz CT molecular complexity index is 958. The minimum atomic E-state index is 0.0926. The van der Waals surface area contributed by atoms with Gasteiger partial charge in [0, 0.05) is 50.5 Å². The van der Waals surface area contributed by atoms with Crippen LogP contribution in [0.5, 0.6) is 6.01 Å². The number of pyridine rings is 1. The summed E-state index contributed by atoms with van der Waals surface area (Å²) in [5.41, 5.74) is 1.20. The van der Waals surface area contributed by atoms with Crippen LogP contribution >= 0.6 is 0 Å². The van der Waals surface area contributed by atoms with Crippen LogP contribution in [0, 0.1) is 5.92 Å². The van der Waals surface area contributed by atoms with Gasteiger partial charge in [0.2, 0.25) is 11.9 Å². The fraction of sp³-hybridized carbons (Fsp3) is 0.619. The van der Waals surface area contributed by atoms with Crippen LogP contribution in [0.15, 0.2) is 23.0 Å². The number of rotatable bonds is 6. The average Bonchev–Trinajstić information content (AvgIpc) is 3.27. The minimum Gasteiger partial charge on any atom is -0.464 e. The van der Waals surface area contributed by atoms with E-state index in [1.165, 1.54) is 0 Å². The second-order valence-electron chi connectivity index (χ2n) is 8.29. The fourth-order valence-electron chi connectivity index (χ4n) is 4.83. The second-order valence-corrected chi connectivity index (χ2v) is 8.29. The molecule has 2 aromatic rings. The zero-order chi connectivity index (χ0) is 20.5. The summed E-state index contributed by atoms with van der Waals surface area (Å²) in [6, 6.07) is 5.91. The first-order chi connectivity index (χ1) is 14.7. The van der Waals surface area contributed by atoms with E-state index >= 15 is 0 Å². The van der Waals surface area contributed by atoms with Crippen LogP contribution in [0.3, 0.4) is 0 Å². The van der Waals surface area contributed by atoms with E-state index in [2.05, 4.69) is 31.2 Å². The van der Waals surface area contributed by atoms with Crippen LogP contribution < -0.4 is 20.5 Å². The molecule has 9 nitrogen and oxygen atoms in total. The topological polar surface area (TPSA) is 94.4 Å². The van der Waals surface area contributed by atoms with Gasteiger partial charge in [-0.2, -0.15) is 15.0 Å². The maximum absolute atomic E-state index is 12.3. The number of anilines is 2. The van der Waals surface area contributed by atoms with Crippen molar-refractivity contribution >= 4 is 11.9 Å². The number of piperidine rings is 1. The number of fused-ring (bicyclic) bond motifs is 4. The van der Waals surface area contributed by atoms with Crippen molar-refractivity contribution in [1.82, 2.24) is 19.5 Å². The maximum atomic E-state index is 12.3. The lowest BCUT2D eigenvalue weighted by atomic mass is 9.83. The van der Waals surface area contributed by atoms with Crippen LogP contribution in [0.1, 0.15) is 37.8 Å². The van der Waals surface area contributed by atoms with Crippen LogP contribution in [-0.4, -0.2) is 58.5 Å². The van der Waals surface area contributed by atoms with E-state index in [9.17, 15) is 4.79 Å². The van der Waals surface area contributed by atoms with Crippen molar-refractivity contribution in [1.29, 1.82) is 0 Å². The Kier molecular flexibility index (Phi) is 5.28. The highest BCUT2D eigenvalue weighted by molar-refractivity contribution is 5.40. The van der Waals surface area contributed by atoms with Gasteiger partial charge in [-0.15, -0.1) is 0 Å². The van der Waals surface area contributed by atoms with Gasteiger partial charge in [-0.25, -0.2) is 0 Å². The van der Waals surface area contributed by atoms with Crippen LogP contribution in [-0.2, 0) is 11.3 Å². The van der Waals surface area contributed by atoms with Gasteiger partial charge in [0.05, 0.1) is 12.7 Å². The molecule has 2 saturated heterocycles. The molecule has 0 saturated carbocycles. The summed E-state index contributed by atoms with van der Waals surface area (Å²) in [5, 5.41) is 3.30. The van der Waals surface area contributed by atoms with E-state index < -0.39 is 0 Å². The maximum Gasteiger partial charge on any atom is 0.323 e. The first-order valence-corrected chi connectivity index (χ1v) is 10.9. The normalized spacial score (nSPS) is 25.1. The summed E-state index contributed by atoms with van der Waals surface area (Å²) in [6.07, 6.45) is 3.44. The van der Waals surface area contributed by atoms with Gasteiger partial charge in [0.25, 0.3) is 5.56 Å². The van der Waals surface area contributed by atoms with Gasteiger partial charge < -0.3 is 24.3 Å². The highest BCUT2D eigenvalue weighted by Gasteiger charge is 2.35. The molecule has 9 heteroatoms. The smallest absolute Gasteiger partial charge is 0.323 e. The molecule has 0 aliphatic carbocycles. The number of ether oxygens (including phenoxy) is 2. The monoisotopic (exact) mass is 412 g/mol. The zero-order valence-corrected chi connectivity index (χ0v) is 17.3. The van der Waals surface area contributed by atoms with Crippen LogP contribution in [0.25, 0.3) is 0 Å². The Morgan fingerprint density at radius 2 is 2.17 bits per heavy atom. The molecule has 160 valence electrons. The molecule has 30 heavy (non-hydrogen) atoms. The number of nitrogens with zero attached hydrogens (tertiary/aromatic N) is 5. The Balaban J connectivity index is 1.38. The molecule has 0 spiro atoms. The van der Waals surface area contributed by atoms with E-state index in [0.29, 0.717) is 42.9 Å². The number of hydrogen-bond donors (Lipinski definition) is 1. The number of nitrogens with one attached hydrogen (secondary N) is 1. The molecule has 3 aliphatic heterocycles. The summed E-state index contributed by atoms with van der Waals surface area (Å²) in [5.74, 6) is 1.84. The van der Waals surface area contributed by atoms with E-state index in [0.717, 1.165) is 51.2 Å². The Morgan fingerprint density at radius 1 is 1.23 bits per heavy atom. The van der Waals surface area contributed by atoms with Gasteiger partial charge >= 0.3 is 6.01 Å². The van der Waals surface area contributed by atoms with E-state index in [-0.39, 0.29) is 11.7 Å². The van der Waals surface area contributed by atoms with Gasteiger partial charge in [0.15, 0.2) is 0 Å². The molecule has 0 amide bonds. The standard InChI is InChI=1S/C21H28N6O3/c1-2-29-21-24-19(22-10-16-5-4-8-30-16)23-20(25-21)26-11-14-9-15(13-26)17-6-3-7-18(28)27(17)12-14/h3,6-7,14-16H,2,4-5,8-13H2,1H3,(H,22,23,24,25)/t14-,15+,16+/m1/s1. The zero-order valence-electron chi connectivity index (χ0n) is 17.3. The molecular weight excluding hydrogens is 384 g/mol. The van der Waals surface area contributed by atoms with Crippen LogP contribution in [0.4, 0.5) is 11.9 Å². The third-order valence-electron chi connectivity index (χ3n) is 6.15. The van der Waals surface area contributed by atoms with E-state index in [1.807, 2.05) is 17.6 Å². The molecule has 5 heterocycles. The molecule has 0 aromatic carbocycles. The van der Waals surface area contributed by atoms with Crippen molar-refractivity contribution in [3.63, 3.8) is 0 Å². The molecule has 0 radical (unpaired) electrons. The predicted molar refractivity (Wildman–Crippen MR) is 112 cm³/mol. The fourth-order valence-corrected chi connectivity index (χ4v) is 4.83. The summed E-state index contributed by atoms with van der Waals surface area (Å²) in [4.78, 5) is 28.2. The molecule has 2 bridgehead atoms. The molecule has 0 unspecified atom stereocenters. The second kappa shape index (κ2) is 8.22. The van der Waals surface area contributed by atoms with Crippen molar-refractivity contribution < 1.29 is 9.47 Å². The molecule has 3 aliphatic rings. The summed E-state index contributed by atoms with van der Waals surface area (Å²) < 4.78 is 13.2. The number of aromatic nitrogens is 4. The molecule has 3 atom stereocenters. The van der Waals surface area contributed by atoms with Gasteiger partial charge in [-0.3, -0.25) is 4.79 Å². The lowest BCUT2D eigenvalue weighted by Gasteiger charge is -2.42. The lowest BCUT2D eigenvalue weighted by Crippen LogP contribution is -2.47. The molecular formula is C21H28N6O3. The summed E-state index contributed by atoms with van der Waals surface area (Å²) in [6.45, 7) is 6.25. The predicted octanol–water partition coefficient (Wildman–Crippen LogP) is 1.65. The summed E-state index contributed by atoms with van der Waals surface area (Å²) in [7, 11) is 0. The minimum absolute atomic E-state index is 0.0926. The molecule has 2 aromatic heterocycles. The van der Waals surface area contributed by atoms with Crippen molar-refractivity contribution in [3.8, 4) is 6.01 Å². The van der Waals surface area contributed by atoms with Crippen molar-refractivity contribution in [2.75, 3.05) is 43.1 Å². The quantitative estimate of drug-likeness (QED) is 0.765. The Labute approximate surface area is 175 Å². The Hall–Kier alpha value is -2.68. The third-order valence-corrected chi connectivity index (χ3v) is 6.15. The van der Waals surface area contributed by atoms with Gasteiger partial charge in [0.1, 0.15) is 0 Å².